The predicted molar refractivity (Wildman–Crippen MR) is 90.1 cm³/mol. The van der Waals surface area contributed by atoms with Crippen LogP contribution < -0.4 is 5.32 Å². The highest BCUT2D eigenvalue weighted by Crippen LogP contribution is 2.15. The first-order valence-electron chi connectivity index (χ1n) is 6.97. The van der Waals surface area contributed by atoms with E-state index >= 15 is 0 Å². The Balaban J connectivity index is 1.94. The molecule has 0 radical (unpaired) electrons. The number of anilines is 1. The largest absolute Gasteiger partial charge is 0.325 e. The first-order chi connectivity index (χ1) is 10.5. The first-order valence-corrected chi connectivity index (χ1v) is 7.76. The van der Waals surface area contributed by atoms with Gasteiger partial charge >= 0.3 is 0 Å². The summed E-state index contributed by atoms with van der Waals surface area (Å²) in [5, 5.41) is 2.88. The molecule has 0 aliphatic heterocycles. The van der Waals surface area contributed by atoms with Crippen LogP contribution in [0.2, 0.25) is 0 Å². The molecule has 0 aromatic heterocycles. The number of halogens is 2. The number of carbonyl (C=O) groups excluding carboxylic acids is 1. The number of rotatable bonds is 5. The van der Waals surface area contributed by atoms with E-state index in [1.807, 2.05) is 43.1 Å². The molecule has 3 nitrogen and oxygen atoms in total. The molecule has 0 spiro atoms. The number of hydrogen-bond donors (Lipinski definition) is 1. The molecule has 0 bridgehead atoms. The van der Waals surface area contributed by atoms with Gasteiger partial charge < -0.3 is 5.32 Å². The van der Waals surface area contributed by atoms with Crippen LogP contribution in [0.1, 0.15) is 12.5 Å². The Hall–Kier alpha value is -1.72. The van der Waals surface area contributed by atoms with Crippen molar-refractivity contribution in [2.75, 3.05) is 12.4 Å². The highest BCUT2D eigenvalue weighted by molar-refractivity contribution is 9.10. The second-order valence-corrected chi connectivity index (χ2v) is 6.13. The van der Waals surface area contributed by atoms with Crippen LogP contribution in [-0.4, -0.2) is 23.9 Å². The quantitative estimate of drug-likeness (QED) is 0.867. The molecular formula is C17H18BrFN2O. The van der Waals surface area contributed by atoms with Gasteiger partial charge in [0.25, 0.3) is 0 Å². The molecule has 1 N–H and O–H groups in total. The van der Waals surface area contributed by atoms with Crippen LogP contribution in [0.25, 0.3) is 0 Å². The number of amides is 1. The summed E-state index contributed by atoms with van der Waals surface area (Å²) in [6.07, 6.45) is 0. The van der Waals surface area contributed by atoms with Crippen LogP contribution in [-0.2, 0) is 11.3 Å². The minimum Gasteiger partial charge on any atom is -0.325 e. The molecule has 1 amide bonds. The van der Waals surface area contributed by atoms with Crippen molar-refractivity contribution in [1.29, 1.82) is 0 Å². The lowest BCUT2D eigenvalue weighted by molar-refractivity contribution is -0.120. The summed E-state index contributed by atoms with van der Waals surface area (Å²) < 4.78 is 13.9. The maximum atomic E-state index is 12.9. The maximum Gasteiger partial charge on any atom is 0.241 e. The minimum absolute atomic E-state index is 0.0769. The Morgan fingerprint density at radius 1 is 1.18 bits per heavy atom. The first kappa shape index (κ1) is 16.6. The van der Waals surface area contributed by atoms with Crippen LogP contribution in [0.15, 0.2) is 53.0 Å². The lowest BCUT2D eigenvalue weighted by Gasteiger charge is -2.24. The number of benzene rings is 2. The standard InChI is InChI=1S/C17H18BrFN2O/c1-12(17(22)20-16-9-5-14(18)6-10-16)21(2)11-13-3-7-15(19)8-4-13/h3-10,12H,11H2,1-2H3,(H,20,22)/t12-/m0/s1. The van der Waals surface area contributed by atoms with Gasteiger partial charge in [0.1, 0.15) is 5.82 Å². The molecule has 5 heteroatoms. The van der Waals surface area contributed by atoms with Crippen molar-refractivity contribution in [3.63, 3.8) is 0 Å². The Kier molecular flexibility index (Phi) is 5.69. The van der Waals surface area contributed by atoms with Gasteiger partial charge in [0.05, 0.1) is 6.04 Å². The van der Waals surface area contributed by atoms with Gasteiger partial charge in [-0.1, -0.05) is 28.1 Å². The fraction of sp³-hybridized carbons (Fsp3) is 0.235. The molecule has 0 saturated heterocycles. The number of likely N-dealkylation sites (N-methyl/N-ethyl adjacent to an activating group) is 1. The highest BCUT2D eigenvalue weighted by Gasteiger charge is 2.18. The molecular weight excluding hydrogens is 347 g/mol. The molecule has 1 atom stereocenters. The number of nitrogens with zero attached hydrogens (tertiary/aromatic N) is 1. The fourth-order valence-corrected chi connectivity index (χ4v) is 2.26. The van der Waals surface area contributed by atoms with Crippen molar-refractivity contribution in [1.82, 2.24) is 4.90 Å². The normalized spacial score (nSPS) is 12.2. The van der Waals surface area contributed by atoms with E-state index in [2.05, 4.69) is 21.2 Å². The average molecular weight is 365 g/mol. The summed E-state index contributed by atoms with van der Waals surface area (Å²) in [5.74, 6) is -0.334. The van der Waals surface area contributed by atoms with E-state index < -0.39 is 0 Å². The van der Waals surface area contributed by atoms with Gasteiger partial charge in [-0.25, -0.2) is 4.39 Å². The van der Waals surface area contributed by atoms with Crippen LogP contribution in [0.4, 0.5) is 10.1 Å². The topological polar surface area (TPSA) is 32.3 Å². The summed E-state index contributed by atoms with van der Waals surface area (Å²) in [4.78, 5) is 14.2. The number of hydrogen-bond acceptors (Lipinski definition) is 2. The molecule has 0 fully saturated rings. The van der Waals surface area contributed by atoms with E-state index in [1.165, 1.54) is 12.1 Å². The van der Waals surface area contributed by atoms with Gasteiger partial charge in [-0.3, -0.25) is 9.69 Å². The minimum atomic E-state index is -0.298. The smallest absolute Gasteiger partial charge is 0.241 e. The zero-order chi connectivity index (χ0) is 16.1. The lowest BCUT2D eigenvalue weighted by Crippen LogP contribution is -2.39. The Morgan fingerprint density at radius 2 is 1.77 bits per heavy atom. The third kappa shape index (κ3) is 4.64. The van der Waals surface area contributed by atoms with E-state index in [9.17, 15) is 9.18 Å². The SMILES string of the molecule is C[C@@H](C(=O)Nc1ccc(Br)cc1)N(C)Cc1ccc(F)cc1. The van der Waals surface area contributed by atoms with Crippen molar-refractivity contribution < 1.29 is 9.18 Å². The van der Waals surface area contributed by atoms with E-state index in [4.69, 9.17) is 0 Å². The summed E-state index contributed by atoms with van der Waals surface area (Å²) in [6.45, 7) is 2.42. The monoisotopic (exact) mass is 364 g/mol. The molecule has 2 aromatic rings. The summed E-state index contributed by atoms with van der Waals surface area (Å²) in [5.41, 5.74) is 1.72. The third-order valence-electron chi connectivity index (χ3n) is 3.50. The number of carbonyl (C=O) groups is 1. The molecule has 116 valence electrons. The van der Waals surface area contributed by atoms with Crippen LogP contribution in [0.5, 0.6) is 0 Å². The van der Waals surface area contributed by atoms with Crippen molar-refractivity contribution in [3.8, 4) is 0 Å². The summed E-state index contributed by atoms with van der Waals surface area (Å²) in [7, 11) is 1.87. The van der Waals surface area contributed by atoms with Crippen molar-refractivity contribution in [2.24, 2.45) is 0 Å². The van der Waals surface area contributed by atoms with E-state index in [0.717, 1.165) is 15.7 Å². The van der Waals surface area contributed by atoms with E-state index in [0.29, 0.717) is 6.54 Å². The molecule has 0 heterocycles. The van der Waals surface area contributed by atoms with Crippen LogP contribution >= 0.6 is 15.9 Å². The van der Waals surface area contributed by atoms with E-state index in [1.54, 1.807) is 12.1 Å². The third-order valence-corrected chi connectivity index (χ3v) is 4.03. The molecule has 22 heavy (non-hydrogen) atoms. The fourth-order valence-electron chi connectivity index (χ4n) is 1.99. The Bertz CT molecular complexity index is 628. The van der Waals surface area contributed by atoms with Crippen molar-refractivity contribution >= 4 is 27.5 Å². The van der Waals surface area contributed by atoms with E-state index in [-0.39, 0.29) is 17.8 Å². The Labute approximate surface area is 138 Å². The Morgan fingerprint density at radius 3 is 2.36 bits per heavy atom. The van der Waals surface area contributed by atoms with Gasteiger partial charge in [0.2, 0.25) is 5.91 Å². The zero-order valence-electron chi connectivity index (χ0n) is 12.5. The zero-order valence-corrected chi connectivity index (χ0v) is 14.1. The van der Waals surface area contributed by atoms with Gasteiger partial charge in [-0.05, 0) is 55.9 Å². The second-order valence-electron chi connectivity index (χ2n) is 5.21. The summed E-state index contributed by atoms with van der Waals surface area (Å²) in [6, 6.07) is 13.4. The highest BCUT2D eigenvalue weighted by atomic mass is 79.9. The van der Waals surface area contributed by atoms with Crippen molar-refractivity contribution in [2.45, 2.75) is 19.5 Å². The molecule has 0 saturated carbocycles. The van der Waals surface area contributed by atoms with Crippen LogP contribution in [0.3, 0.4) is 0 Å². The predicted octanol–water partition coefficient (Wildman–Crippen LogP) is 4.05. The van der Waals surface area contributed by atoms with Gasteiger partial charge in [-0.15, -0.1) is 0 Å². The molecule has 2 aromatic carbocycles. The molecule has 0 aliphatic carbocycles. The molecule has 0 unspecified atom stereocenters. The lowest BCUT2D eigenvalue weighted by atomic mass is 10.2. The van der Waals surface area contributed by atoms with Gasteiger partial charge in [0.15, 0.2) is 0 Å². The summed E-state index contributed by atoms with van der Waals surface area (Å²) >= 11 is 3.36. The van der Waals surface area contributed by atoms with Gasteiger partial charge in [-0.2, -0.15) is 0 Å². The average Bonchev–Trinajstić information content (AvgIpc) is 2.51. The molecule has 2 rings (SSSR count). The number of nitrogens with one attached hydrogen (secondary N) is 1. The van der Waals surface area contributed by atoms with Crippen LogP contribution in [0, 0.1) is 5.82 Å². The maximum absolute atomic E-state index is 12.9. The second kappa shape index (κ2) is 7.51. The van der Waals surface area contributed by atoms with Crippen molar-refractivity contribution in [3.05, 3.63) is 64.4 Å². The molecule has 0 aliphatic rings. The van der Waals surface area contributed by atoms with Gasteiger partial charge in [0, 0.05) is 16.7 Å².